The minimum Gasteiger partial charge on any atom is -0.492 e. The van der Waals surface area contributed by atoms with Crippen LogP contribution >= 0.6 is 0 Å². The Bertz CT molecular complexity index is 874. The van der Waals surface area contributed by atoms with Crippen LogP contribution in [0.5, 0.6) is 5.75 Å². The van der Waals surface area contributed by atoms with Gasteiger partial charge in [0.25, 0.3) is 0 Å². The quantitative estimate of drug-likeness (QED) is 0.683. The summed E-state index contributed by atoms with van der Waals surface area (Å²) in [4.78, 5) is 15.3. The zero-order chi connectivity index (χ0) is 17.9. The molecule has 1 saturated carbocycles. The maximum absolute atomic E-state index is 10.9. The van der Waals surface area contributed by atoms with E-state index in [1.807, 2.05) is 30.3 Å². The molecule has 1 aromatic carbocycles. The maximum atomic E-state index is 10.9. The van der Waals surface area contributed by atoms with E-state index in [-0.39, 0.29) is 11.8 Å². The fraction of sp³-hybridized carbons (Fsp3) is 0.250. The van der Waals surface area contributed by atoms with E-state index in [0.29, 0.717) is 6.61 Å². The monoisotopic (exact) mass is 349 g/mol. The molecule has 0 bridgehead atoms. The summed E-state index contributed by atoms with van der Waals surface area (Å²) < 4.78 is 5.75. The number of H-pyrrole nitrogens is 1. The minimum atomic E-state index is -0.695. The van der Waals surface area contributed by atoms with Crippen LogP contribution < -0.4 is 4.74 Å². The number of carbonyl (C=O) groups is 1. The molecule has 1 aliphatic carbocycles. The standard InChI is InChI=1S/C20H19N3O3/c24-20(25)17-11-16(17)14-3-1-13(2-4-14)8-10-26-15-5-6-18(21-12-15)19-7-9-22-23-19/h1-7,9,12,16-17H,8,10-11H2,(H,22,23)(H,24,25)/t16-,17+/m1/s1. The van der Waals surface area contributed by atoms with Gasteiger partial charge >= 0.3 is 5.97 Å². The summed E-state index contributed by atoms with van der Waals surface area (Å²) in [5.41, 5.74) is 3.98. The molecule has 6 nitrogen and oxygen atoms in total. The van der Waals surface area contributed by atoms with Crippen LogP contribution in [0.2, 0.25) is 0 Å². The number of rotatable bonds is 7. The molecule has 0 radical (unpaired) electrons. The van der Waals surface area contributed by atoms with E-state index < -0.39 is 5.97 Å². The van der Waals surface area contributed by atoms with E-state index >= 15 is 0 Å². The summed E-state index contributed by atoms with van der Waals surface area (Å²) >= 11 is 0. The predicted molar refractivity (Wildman–Crippen MR) is 95.9 cm³/mol. The largest absolute Gasteiger partial charge is 0.492 e. The molecule has 0 saturated heterocycles. The minimum absolute atomic E-state index is 0.178. The molecule has 1 aliphatic rings. The summed E-state index contributed by atoms with van der Waals surface area (Å²) in [6, 6.07) is 13.8. The third-order valence-corrected chi connectivity index (χ3v) is 4.69. The number of nitrogens with one attached hydrogen (secondary N) is 1. The number of benzene rings is 1. The normalized spacial score (nSPS) is 18.5. The smallest absolute Gasteiger partial charge is 0.307 e. The molecule has 0 amide bonds. The maximum Gasteiger partial charge on any atom is 0.307 e. The van der Waals surface area contributed by atoms with Gasteiger partial charge in [-0.2, -0.15) is 5.10 Å². The van der Waals surface area contributed by atoms with E-state index in [9.17, 15) is 4.79 Å². The van der Waals surface area contributed by atoms with Gasteiger partial charge in [0.15, 0.2) is 0 Å². The molecule has 3 aromatic rings. The summed E-state index contributed by atoms with van der Waals surface area (Å²) in [5.74, 6) is 0.00507. The molecule has 0 spiro atoms. The van der Waals surface area contributed by atoms with Gasteiger partial charge in [-0.05, 0) is 41.7 Å². The van der Waals surface area contributed by atoms with Gasteiger partial charge in [-0.15, -0.1) is 0 Å². The van der Waals surface area contributed by atoms with Crippen molar-refractivity contribution >= 4 is 5.97 Å². The van der Waals surface area contributed by atoms with Crippen molar-refractivity contribution in [3.63, 3.8) is 0 Å². The average Bonchev–Trinajstić information content (AvgIpc) is 3.29. The molecule has 0 aliphatic heterocycles. The van der Waals surface area contributed by atoms with Crippen LogP contribution in [-0.4, -0.2) is 32.9 Å². The van der Waals surface area contributed by atoms with Crippen LogP contribution in [0.1, 0.15) is 23.5 Å². The lowest BCUT2D eigenvalue weighted by Crippen LogP contribution is -2.02. The molecule has 0 unspecified atom stereocenters. The highest BCUT2D eigenvalue weighted by Crippen LogP contribution is 2.47. The first kappa shape index (κ1) is 16.3. The molecule has 132 valence electrons. The second-order valence-corrected chi connectivity index (χ2v) is 6.48. The number of aromatic amines is 1. The second-order valence-electron chi connectivity index (χ2n) is 6.48. The number of aliphatic carboxylic acids is 1. The Hall–Kier alpha value is -3.15. The summed E-state index contributed by atoms with van der Waals surface area (Å²) in [6.07, 6.45) is 4.94. The first-order valence-corrected chi connectivity index (χ1v) is 8.61. The molecule has 2 N–H and O–H groups in total. The molecule has 4 rings (SSSR count). The van der Waals surface area contributed by atoms with Crippen molar-refractivity contribution < 1.29 is 14.6 Å². The summed E-state index contributed by atoms with van der Waals surface area (Å²) in [5, 5.41) is 15.8. The van der Waals surface area contributed by atoms with Gasteiger partial charge in [0, 0.05) is 12.6 Å². The molecule has 6 heteroatoms. The van der Waals surface area contributed by atoms with Gasteiger partial charge in [-0.1, -0.05) is 24.3 Å². The molecular formula is C20H19N3O3. The first-order valence-electron chi connectivity index (χ1n) is 8.61. The highest BCUT2D eigenvalue weighted by molar-refractivity contribution is 5.75. The number of hydrogen-bond donors (Lipinski definition) is 2. The van der Waals surface area contributed by atoms with Gasteiger partial charge in [-0.25, -0.2) is 0 Å². The summed E-state index contributed by atoms with van der Waals surface area (Å²) in [7, 11) is 0. The zero-order valence-electron chi connectivity index (χ0n) is 14.1. The predicted octanol–water partition coefficient (Wildman–Crippen LogP) is 3.28. The van der Waals surface area contributed by atoms with Crippen LogP contribution in [0, 0.1) is 5.92 Å². The molecule has 2 heterocycles. The van der Waals surface area contributed by atoms with Gasteiger partial charge in [0.2, 0.25) is 0 Å². The number of aromatic nitrogens is 3. The van der Waals surface area contributed by atoms with Crippen LogP contribution in [0.15, 0.2) is 54.9 Å². The van der Waals surface area contributed by atoms with Crippen molar-refractivity contribution in [3.8, 4) is 17.1 Å². The third kappa shape index (κ3) is 3.59. The Morgan fingerprint density at radius 3 is 2.65 bits per heavy atom. The molecule has 2 aromatic heterocycles. The summed E-state index contributed by atoms with van der Waals surface area (Å²) in [6.45, 7) is 0.561. The average molecular weight is 349 g/mol. The highest BCUT2D eigenvalue weighted by atomic mass is 16.5. The molecule has 2 atom stereocenters. The SMILES string of the molecule is O=C(O)[C@H]1C[C@@H]1c1ccc(CCOc2ccc(-c3ccn[nH]3)nc2)cc1. The number of carboxylic acids is 1. The van der Waals surface area contributed by atoms with Crippen LogP contribution in [0.3, 0.4) is 0 Å². The molecule has 26 heavy (non-hydrogen) atoms. The Balaban J connectivity index is 1.27. The third-order valence-electron chi connectivity index (χ3n) is 4.69. The van der Waals surface area contributed by atoms with E-state index in [2.05, 4.69) is 27.3 Å². The lowest BCUT2D eigenvalue weighted by atomic mass is 10.1. The van der Waals surface area contributed by atoms with E-state index in [4.69, 9.17) is 9.84 Å². The van der Waals surface area contributed by atoms with Crippen molar-refractivity contribution in [2.75, 3.05) is 6.61 Å². The fourth-order valence-electron chi connectivity index (χ4n) is 3.08. The Morgan fingerprint density at radius 2 is 2.04 bits per heavy atom. The zero-order valence-corrected chi connectivity index (χ0v) is 14.1. The Labute approximate surface area is 150 Å². The molecular weight excluding hydrogens is 330 g/mol. The van der Waals surface area contributed by atoms with Crippen molar-refractivity contribution in [1.82, 2.24) is 15.2 Å². The van der Waals surface area contributed by atoms with Gasteiger partial charge < -0.3 is 9.84 Å². The van der Waals surface area contributed by atoms with Crippen molar-refractivity contribution in [3.05, 3.63) is 66.0 Å². The number of carboxylic acid groups (broad SMARTS) is 1. The lowest BCUT2D eigenvalue weighted by Gasteiger charge is -2.07. The number of ether oxygens (including phenoxy) is 1. The number of hydrogen-bond acceptors (Lipinski definition) is 4. The van der Waals surface area contributed by atoms with E-state index in [1.54, 1.807) is 12.4 Å². The first-order chi connectivity index (χ1) is 12.7. The second kappa shape index (κ2) is 7.00. The van der Waals surface area contributed by atoms with Crippen molar-refractivity contribution in [1.29, 1.82) is 0 Å². The van der Waals surface area contributed by atoms with Gasteiger partial charge in [0.05, 0.1) is 30.1 Å². The number of nitrogens with zero attached hydrogens (tertiary/aromatic N) is 2. The van der Waals surface area contributed by atoms with Gasteiger partial charge in [0.1, 0.15) is 5.75 Å². The van der Waals surface area contributed by atoms with E-state index in [1.165, 1.54) is 5.56 Å². The van der Waals surface area contributed by atoms with E-state index in [0.717, 1.165) is 35.5 Å². The van der Waals surface area contributed by atoms with Crippen LogP contribution in [0.25, 0.3) is 11.4 Å². The van der Waals surface area contributed by atoms with Crippen molar-refractivity contribution in [2.24, 2.45) is 5.92 Å². The molecule has 1 fully saturated rings. The van der Waals surface area contributed by atoms with Crippen LogP contribution in [-0.2, 0) is 11.2 Å². The lowest BCUT2D eigenvalue weighted by molar-refractivity contribution is -0.138. The Morgan fingerprint density at radius 1 is 1.19 bits per heavy atom. The van der Waals surface area contributed by atoms with Crippen molar-refractivity contribution in [2.45, 2.75) is 18.8 Å². The van der Waals surface area contributed by atoms with Crippen LogP contribution in [0.4, 0.5) is 0 Å². The number of pyridine rings is 1. The topological polar surface area (TPSA) is 88.1 Å². The fourth-order valence-corrected chi connectivity index (χ4v) is 3.08. The highest BCUT2D eigenvalue weighted by Gasteiger charge is 2.43. The van der Waals surface area contributed by atoms with Gasteiger partial charge in [-0.3, -0.25) is 14.9 Å². The Kier molecular flexibility index (Phi) is 4.39.